The zero-order valence-electron chi connectivity index (χ0n) is 13.5. The average molecular weight is 317 g/mol. The van der Waals surface area contributed by atoms with Gasteiger partial charge in [-0.15, -0.1) is 0 Å². The fraction of sp³-hybridized carbons (Fsp3) is 0.500. The van der Waals surface area contributed by atoms with Crippen molar-refractivity contribution in [1.29, 1.82) is 0 Å². The van der Waals surface area contributed by atoms with E-state index in [1.54, 1.807) is 18.2 Å². The second-order valence-electron chi connectivity index (χ2n) is 6.42. The van der Waals surface area contributed by atoms with Gasteiger partial charge in [-0.3, -0.25) is 9.58 Å². The Bertz CT molecular complexity index is 643. The van der Waals surface area contributed by atoms with Crippen molar-refractivity contribution in [2.75, 3.05) is 13.1 Å². The molecule has 2 heterocycles. The maximum absolute atomic E-state index is 13.8. The lowest BCUT2D eigenvalue weighted by molar-refractivity contribution is 0.0575. The molecule has 0 spiro atoms. The molecule has 0 unspecified atom stereocenters. The Balaban J connectivity index is 1.67. The summed E-state index contributed by atoms with van der Waals surface area (Å²) in [6.07, 6.45) is 6.51. The Labute approximate surface area is 136 Å². The molecule has 3 rings (SSSR count). The van der Waals surface area contributed by atoms with Crippen LogP contribution in [0.3, 0.4) is 0 Å². The zero-order valence-corrected chi connectivity index (χ0v) is 13.5. The van der Waals surface area contributed by atoms with Gasteiger partial charge >= 0.3 is 0 Å². The number of β-amino-alcohol motifs (C(OH)–C–C–N with tert-alkyl or cyclic N) is 1. The first kappa shape index (κ1) is 16.1. The fourth-order valence-electron chi connectivity index (χ4n) is 3.36. The minimum atomic E-state index is -0.795. The number of aromatic nitrogens is 2. The summed E-state index contributed by atoms with van der Waals surface area (Å²) in [4.78, 5) is 2.28. The summed E-state index contributed by atoms with van der Waals surface area (Å²) in [6.45, 7) is 4.25. The second kappa shape index (κ2) is 7.23. The molecule has 1 fully saturated rings. The first-order chi connectivity index (χ1) is 11.1. The van der Waals surface area contributed by atoms with E-state index in [-0.39, 0.29) is 5.82 Å². The lowest BCUT2D eigenvalue weighted by atomic mass is 10.00. The van der Waals surface area contributed by atoms with E-state index in [9.17, 15) is 9.50 Å². The third-order valence-corrected chi connectivity index (χ3v) is 4.58. The van der Waals surface area contributed by atoms with Crippen molar-refractivity contribution < 1.29 is 9.50 Å². The van der Waals surface area contributed by atoms with E-state index in [0.29, 0.717) is 18.2 Å². The topological polar surface area (TPSA) is 41.3 Å². The SMILES string of the molecule is Cc1cnn(C[C@@H]2CCCCN2C[C@H](O)c2ccccc2F)c1. The van der Waals surface area contributed by atoms with Crippen molar-refractivity contribution >= 4 is 0 Å². The van der Waals surface area contributed by atoms with E-state index >= 15 is 0 Å². The van der Waals surface area contributed by atoms with Crippen LogP contribution in [0, 0.1) is 12.7 Å². The van der Waals surface area contributed by atoms with E-state index in [1.807, 2.05) is 24.0 Å². The minimum Gasteiger partial charge on any atom is -0.387 e. The summed E-state index contributed by atoms with van der Waals surface area (Å²) in [5.41, 5.74) is 1.53. The molecule has 124 valence electrons. The summed E-state index contributed by atoms with van der Waals surface area (Å²) in [6, 6.07) is 6.82. The van der Waals surface area contributed by atoms with E-state index in [1.165, 1.54) is 12.5 Å². The number of hydrogen-bond acceptors (Lipinski definition) is 3. The van der Waals surface area contributed by atoms with Gasteiger partial charge < -0.3 is 5.11 Å². The van der Waals surface area contributed by atoms with Crippen LogP contribution in [-0.4, -0.2) is 38.9 Å². The zero-order chi connectivity index (χ0) is 16.2. The molecule has 4 nitrogen and oxygen atoms in total. The lowest BCUT2D eigenvalue weighted by Crippen LogP contribution is -2.44. The predicted molar refractivity (Wildman–Crippen MR) is 87.5 cm³/mol. The van der Waals surface area contributed by atoms with Gasteiger partial charge in [0.1, 0.15) is 5.82 Å². The summed E-state index contributed by atoms with van der Waals surface area (Å²) < 4.78 is 15.8. The van der Waals surface area contributed by atoms with E-state index < -0.39 is 6.10 Å². The largest absolute Gasteiger partial charge is 0.387 e. The number of piperidine rings is 1. The summed E-state index contributed by atoms with van der Waals surface area (Å²) in [5.74, 6) is -0.337. The third kappa shape index (κ3) is 3.98. The molecule has 0 saturated carbocycles. The van der Waals surface area contributed by atoms with Crippen molar-refractivity contribution in [3.05, 3.63) is 53.6 Å². The molecule has 0 radical (unpaired) electrons. The molecule has 1 aromatic heterocycles. The smallest absolute Gasteiger partial charge is 0.129 e. The Kier molecular flexibility index (Phi) is 5.08. The van der Waals surface area contributed by atoms with Crippen LogP contribution < -0.4 is 0 Å². The summed E-state index contributed by atoms with van der Waals surface area (Å²) in [5, 5.41) is 14.8. The van der Waals surface area contributed by atoms with Crippen molar-refractivity contribution in [3.8, 4) is 0 Å². The molecule has 2 atom stereocenters. The predicted octanol–water partition coefficient (Wildman–Crippen LogP) is 2.92. The highest BCUT2D eigenvalue weighted by Gasteiger charge is 2.26. The molecule has 1 aliphatic heterocycles. The molecule has 1 saturated heterocycles. The average Bonchev–Trinajstić information content (AvgIpc) is 2.95. The van der Waals surface area contributed by atoms with Crippen molar-refractivity contribution in [1.82, 2.24) is 14.7 Å². The molecule has 1 aromatic carbocycles. The van der Waals surface area contributed by atoms with E-state index in [0.717, 1.165) is 31.5 Å². The molecule has 5 heteroatoms. The number of likely N-dealkylation sites (tertiary alicyclic amines) is 1. The molecular formula is C18H24FN3O. The van der Waals surface area contributed by atoms with Gasteiger partial charge in [-0.25, -0.2) is 4.39 Å². The molecule has 23 heavy (non-hydrogen) atoms. The van der Waals surface area contributed by atoms with Crippen molar-refractivity contribution in [2.45, 2.75) is 44.9 Å². The maximum Gasteiger partial charge on any atom is 0.129 e. The lowest BCUT2D eigenvalue weighted by Gasteiger charge is -2.37. The maximum atomic E-state index is 13.8. The van der Waals surface area contributed by atoms with Crippen LogP contribution in [0.1, 0.15) is 36.5 Å². The summed E-state index contributed by atoms with van der Waals surface area (Å²) >= 11 is 0. The Hall–Kier alpha value is -1.72. The monoisotopic (exact) mass is 317 g/mol. The quantitative estimate of drug-likeness (QED) is 0.922. The number of benzene rings is 1. The van der Waals surface area contributed by atoms with Crippen molar-refractivity contribution in [3.63, 3.8) is 0 Å². The minimum absolute atomic E-state index is 0.337. The van der Waals surface area contributed by atoms with Crippen molar-refractivity contribution in [2.24, 2.45) is 0 Å². The standard InChI is InChI=1S/C18H24FN3O/c1-14-10-20-22(11-14)12-15-6-4-5-9-21(15)13-18(23)16-7-2-3-8-17(16)19/h2-3,7-8,10-11,15,18,23H,4-6,9,12-13H2,1H3/t15-,18-/m0/s1. The normalized spacial score (nSPS) is 20.6. The van der Waals surface area contributed by atoms with Gasteiger partial charge in [0, 0.05) is 24.3 Å². The Morgan fingerprint density at radius 3 is 2.91 bits per heavy atom. The van der Waals surface area contributed by atoms with Crippen LogP contribution in [-0.2, 0) is 6.54 Å². The molecule has 0 aliphatic carbocycles. The van der Waals surface area contributed by atoms with E-state index in [4.69, 9.17) is 0 Å². The third-order valence-electron chi connectivity index (χ3n) is 4.58. The summed E-state index contributed by atoms with van der Waals surface area (Å²) in [7, 11) is 0. The van der Waals surface area contributed by atoms with Gasteiger partial charge in [-0.05, 0) is 37.9 Å². The molecular weight excluding hydrogens is 293 g/mol. The molecule has 0 amide bonds. The first-order valence-corrected chi connectivity index (χ1v) is 8.29. The number of aliphatic hydroxyl groups is 1. The number of nitrogens with zero attached hydrogens (tertiary/aromatic N) is 3. The Morgan fingerprint density at radius 1 is 1.35 bits per heavy atom. The van der Waals surface area contributed by atoms with Crippen LogP contribution in [0.25, 0.3) is 0 Å². The number of hydrogen-bond donors (Lipinski definition) is 1. The number of halogens is 1. The number of aryl methyl sites for hydroxylation is 1. The van der Waals surface area contributed by atoms with Gasteiger partial charge in [0.15, 0.2) is 0 Å². The highest BCUT2D eigenvalue weighted by Crippen LogP contribution is 2.24. The highest BCUT2D eigenvalue weighted by molar-refractivity contribution is 5.20. The molecule has 0 bridgehead atoms. The van der Waals surface area contributed by atoms with Gasteiger partial charge in [0.05, 0.1) is 18.8 Å². The van der Waals surface area contributed by atoms with Crippen LogP contribution >= 0.6 is 0 Å². The number of aliphatic hydroxyl groups excluding tert-OH is 1. The highest BCUT2D eigenvalue weighted by atomic mass is 19.1. The van der Waals surface area contributed by atoms with Crippen LogP contribution in [0.4, 0.5) is 4.39 Å². The van der Waals surface area contributed by atoms with Gasteiger partial charge in [-0.2, -0.15) is 5.10 Å². The first-order valence-electron chi connectivity index (χ1n) is 8.29. The van der Waals surface area contributed by atoms with Crippen LogP contribution in [0.15, 0.2) is 36.7 Å². The van der Waals surface area contributed by atoms with Crippen LogP contribution in [0.2, 0.25) is 0 Å². The van der Waals surface area contributed by atoms with E-state index in [2.05, 4.69) is 10.00 Å². The Morgan fingerprint density at radius 2 is 2.17 bits per heavy atom. The number of rotatable bonds is 5. The fourth-order valence-corrected chi connectivity index (χ4v) is 3.36. The molecule has 1 aliphatic rings. The van der Waals surface area contributed by atoms with Gasteiger partial charge in [0.25, 0.3) is 0 Å². The molecule has 2 aromatic rings. The molecule has 1 N–H and O–H groups in total. The van der Waals surface area contributed by atoms with Gasteiger partial charge in [-0.1, -0.05) is 24.6 Å². The second-order valence-corrected chi connectivity index (χ2v) is 6.42. The van der Waals surface area contributed by atoms with Gasteiger partial charge in [0.2, 0.25) is 0 Å². The van der Waals surface area contributed by atoms with Crippen LogP contribution in [0.5, 0.6) is 0 Å².